The van der Waals surface area contributed by atoms with Crippen LogP contribution in [0.2, 0.25) is 0 Å². The van der Waals surface area contributed by atoms with Crippen molar-refractivity contribution >= 4 is 65.4 Å². The fourth-order valence-corrected chi connectivity index (χ4v) is 4.16. The zero-order chi connectivity index (χ0) is 19.8. The van der Waals surface area contributed by atoms with Gasteiger partial charge in [0.1, 0.15) is 11.5 Å². The minimum Gasteiger partial charge on any atom is -0.748 e. The van der Waals surface area contributed by atoms with Crippen molar-refractivity contribution in [2.24, 2.45) is 0 Å². The summed E-state index contributed by atoms with van der Waals surface area (Å²) in [7, 11) is -8.37. The minimum atomic E-state index is -4.19. The van der Waals surface area contributed by atoms with Gasteiger partial charge in [0, 0.05) is 11.5 Å². The normalized spacial score (nSPS) is 11.3. The quantitative estimate of drug-likeness (QED) is 0.0939. The van der Waals surface area contributed by atoms with Crippen LogP contribution in [0.4, 0.5) is 0 Å². The summed E-state index contributed by atoms with van der Waals surface area (Å²) in [6.45, 7) is 0.594. The summed E-state index contributed by atoms with van der Waals surface area (Å²) < 4.78 is 75.9. The number of unbranched alkanes of at least 4 members (excludes halogenated alkanes) is 2. The molecule has 0 saturated heterocycles. The Kier molecular flexibility index (Phi) is 20.3. The van der Waals surface area contributed by atoms with Crippen molar-refractivity contribution in [3.05, 3.63) is 19.3 Å². The Morgan fingerprint density at radius 3 is 1.32 bits per heavy atom. The first-order valence-electron chi connectivity index (χ1n) is 7.60. The second-order valence-corrected chi connectivity index (χ2v) is 10.7. The Morgan fingerprint density at radius 1 is 0.714 bits per heavy atom. The third-order valence-corrected chi connectivity index (χ3v) is 6.34. The van der Waals surface area contributed by atoms with Gasteiger partial charge in [-0.2, -0.15) is 0 Å². The van der Waals surface area contributed by atoms with E-state index >= 15 is 0 Å². The molecule has 0 aliphatic carbocycles. The SMILES string of the molecule is O=S(=O)([O-])CCCCOc1cc(I)c(OCCCCS(=O)(=O)[O-])cc1I.[K+].[K+]. The van der Waals surface area contributed by atoms with E-state index in [4.69, 9.17) is 9.47 Å². The number of halogens is 2. The van der Waals surface area contributed by atoms with E-state index in [1.807, 2.05) is 0 Å². The minimum absolute atomic E-state index is 0. The summed E-state index contributed by atoms with van der Waals surface area (Å²) in [4.78, 5) is 0. The molecule has 8 nitrogen and oxygen atoms in total. The average Bonchev–Trinajstić information content (AvgIpc) is 2.48. The van der Waals surface area contributed by atoms with Crippen molar-refractivity contribution in [3.8, 4) is 11.5 Å². The van der Waals surface area contributed by atoms with Crippen LogP contribution in [0.3, 0.4) is 0 Å². The van der Waals surface area contributed by atoms with Gasteiger partial charge in [0.15, 0.2) is 0 Å². The molecule has 14 heteroatoms. The van der Waals surface area contributed by atoms with E-state index in [0.717, 1.165) is 7.14 Å². The molecule has 0 unspecified atom stereocenters. The molecule has 0 aliphatic heterocycles. The Balaban J connectivity index is 0. The van der Waals surface area contributed by atoms with Crippen LogP contribution < -0.4 is 112 Å². The van der Waals surface area contributed by atoms with Crippen molar-refractivity contribution in [3.63, 3.8) is 0 Å². The summed E-state index contributed by atoms with van der Waals surface area (Å²) in [5.74, 6) is 0.464. The first-order chi connectivity index (χ1) is 12.0. The van der Waals surface area contributed by atoms with Gasteiger partial charge in [0.05, 0.1) is 40.6 Å². The fourth-order valence-electron chi connectivity index (χ4n) is 1.86. The van der Waals surface area contributed by atoms with Crippen LogP contribution in [0.15, 0.2) is 12.1 Å². The number of ether oxygens (including phenoxy) is 2. The van der Waals surface area contributed by atoms with Crippen LogP contribution in [-0.2, 0) is 20.2 Å². The molecular weight excluding hydrogens is 692 g/mol. The third kappa shape index (κ3) is 16.9. The molecule has 28 heavy (non-hydrogen) atoms. The third-order valence-electron chi connectivity index (χ3n) is 3.08. The molecule has 0 radical (unpaired) electrons. The van der Waals surface area contributed by atoms with Gasteiger partial charge in [-0.25, -0.2) is 16.8 Å². The molecular formula is C14H18I2K2O8S2. The standard InChI is InChI=1S/C14H20I2O8S2.2K/c15-11-10-14(24-6-2-4-8-26(20,21)22)12(16)9-13(11)23-5-1-3-7-25(17,18)19;;/h9-10H,1-8H2,(H,17,18,19)(H,20,21,22);;/q;2*+1/p-2. The van der Waals surface area contributed by atoms with Crippen LogP contribution in [0.25, 0.3) is 0 Å². The molecule has 0 atom stereocenters. The second kappa shape index (κ2) is 16.9. The molecule has 0 amide bonds. The molecule has 1 aromatic rings. The van der Waals surface area contributed by atoms with E-state index in [1.165, 1.54) is 0 Å². The molecule has 1 rings (SSSR count). The van der Waals surface area contributed by atoms with Crippen LogP contribution in [0.1, 0.15) is 25.7 Å². The summed E-state index contributed by atoms with van der Waals surface area (Å²) in [6, 6.07) is 3.56. The number of hydrogen-bond acceptors (Lipinski definition) is 8. The smallest absolute Gasteiger partial charge is 0.748 e. The zero-order valence-corrected chi connectivity index (χ0v) is 27.8. The molecule has 0 spiro atoms. The summed E-state index contributed by atoms with van der Waals surface area (Å²) in [5.41, 5.74) is 0. The van der Waals surface area contributed by atoms with Crippen molar-refractivity contribution in [2.75, 3.05) is 24.7 Å². The van der Waals surface area contributed by atoms with Gasteiger partial charge in [0.2, 0.25) is 0 Å². The van der Waals surface area contributed by atoms with Crippen LogP contribution >= 0.6 is 45.2 Å². The molecule has 1 aromatic carbocycles. The molecule has 0 bridgehead atoms. The fraction of sp³-hybridized carbons (Fsp3) is 0.571. The van der Waals surface area contributed by atoms with Gasteiger partial charge in [-0.15, -0.1) is 0 Å². The van der Waals surface area contributed by atoms with Crippen molar-refractivity contribution in [1.82, 2.24) is 0 Å². The van der Waals surface area contributed by atoms with Gasteiger partial charge < -0.3 is 18.6 Å². The van der Waals surface area contributed by atoms with Crippen molar-refractivity contribution in [1.29, 1.82) is 0 Å². The average molecular weight is 710 g/mol. The zero-order valence-electron chi connectivity index (χ0n) is 15.6. The second-order valence-electron chi connectivity index (χ2n) is 5.35. The first kappa shape index (κ1) is 33.5. The predicted octanol–water partition coefficient (Wildman–Crippen LogP) is -3.69. The van der Waals surface area contributed by atoms with Gasteiger partial charge >= 0.3 is 103 Å². The van der Waals surface area contributed by atoms with E-state index in [0.29, 0.717) is 37.6 Å². The maximum Gasteiger partial charge on any atom is 1.00 e. The van der Waals surface area contributed by atoms with Crippen molar-refractivity contribution in [2.45, 2.75) is 25.7 Å². The van der Waals surface area contributed by atoms with E-state index in [2.05, 4.69) is 45.2 Å². The summed E-state index contributed by atoms with van der Waals surface area (Å²) in [6.07, 6.45) is 1.41. The van der Waals surface area contributed by atoms with Crippen molar-refractivity contribution < 1.29 is 138 Å². The van der Waals surface area contributed by atoms with E-state index in [9.17, 15) is 25.9 Å². The summed E-state index contributed by atoms with van der Waals surface area (Å²) >= 11 is 4.16. The molecule has 0 aliphatic rings. The van der Waals surface area contributed by atoms with Gasteiger partial charge in [-0.1, -0.05) is 0 Å². The molecule has 0 saturated carbocycles. The Hall–Kier alpha value is 3.37. The molecule has 0 aromatic heterocycles. The van der Waals surface area contributed by atoms with E-state index < -0.39 is 31.7 Å². The maximum absolute atomic E-state index is 10.5. The number of rotatable bonds is 12. The van der Waals surface area contributed by atoms with Gasteiger partial charge in [-0.05, 0) is 83.0 Å². The Bertz CT molecular complexity index is 736. The molecule has 0 N–H and O–H groups in total. The van der Waals surface area contributed by atoms with E-state index in [-0.39, 0.29) is 116 Å². The largest absolute Gasteiger partial charge is 1.00 e. The number of hydrogen-bond donors (Lipinski definition) is 0. The Morgan fingerprint density at radius 2 is 1.04 bits per heavy atom. The first-order valence-corrected chi connectivity index (χ1v) is 12.9. The topological polar surface area (TPSA) is 133 Å². The predicted molar refractivity (Wildman–Crippen MR) is 110 cm³/mol. The van der Waals surface area contributed by atoms with E-state index in [1.54, 1.807) is 12.1 Å². The Labute approximate surface area is 278 Å². The van der Waals surface area contributed by atoms with Crippen LogP contribution in [0.5, 0.6) is 11.5 Å². The molecule has 0 heterocycles. The van der Waals surface area contributed by atoms with Crippen LogP contribution in [-0.4, -0.2) is 50.7 Å². The number of benzene rings is 1. The monoisotopic (exact) mass is 710 g/mol. The summed E-state index contributed by atoms with van der Waals surface area (Å²) in [5, 5.41) is 0. The molecule has 150 valence electrons. The molecule has 0 fully saturated rings. The maximum atomic E-state index is 10.5. The van der Waals surface area contributed by atoms with Gasteiger partial charge in [0.25, 0.3) is 0 Å². The van der Waals surface area contributed by atoms with Crippen LogP contribution in [0, 0.1) is 7.14 Å². The van der Waals surface area contributed by atoms with Gasteiger partial charge in [-0.3, -0.25) is 0 Å².